The zero-order valence-electron chi connectivity index (χ0n) is 7.14. The summed E-state index contributed by atoms with van der Waals surface area (Å²) in [7, 11) is 0. The molecule has 2 nitrogen and oxygen atoms in total. The molecule has 1 aromatic carbocycles. The molecule has 0 saturated carbocycles. The van der Waals surface area contributed by atoms with E-state index in [2.05, 4.69) is 27.3 Å². The summed E-state index contributed by atoms with van der Waals surface area (Å²) in [4.78, 5) is 11.1. The molecule has 0 radical (unpaired) electrons. The summed E-state index contributed by atoms with van der Waals surface area (Å²) < 4.78 is 0. The van der Waals surface area contributed by atoms with Crippen molar-refractivity contribution >= 4 is 27.5 Å². The summed E-state index contributed by atoms with van der Waals surface area (Å²) in [6, 6.07) is 6.14. The monoisotopic (exact) mass is 239 g/mol. The molecule has 1 aliphatic rings. The topological polar surface area (TPSA) is 29.1 Å². The maximum Gasteiger partial charge on any atom is 0.224 e. The zero-order chi connectivity index (χ0) is 9.26. The Morgan fingerprint density at radius 3 is 3.00 bits per heavy atom. The first-order valence-corrected chi connectivity index (χ1v) is 5.39. The largest absolute Gasteiger partial charge is 0.326 e. The lowest BCUT2D eigenvalue weighted by Gasteiger charge is -2.16. The van der Waals surface area contributed by atoms with Crippen LogP contribution < -0.4 is 5.32 Å². The molecule has 0 spiro atoms. The first-order valence-electron chi connectivity index (χ1n) is 4.27. The highest BCUT2D eigenvalue weighted by Crippen LogP contribution is 2.24. The summed E-state index contributed by atoms with van der Waals surface area (Å²) in [6.07, 6.45) is 1.47. The number of hydrogen-bond donors (Lipinski definition) is 1. The molecule has 0 aromatic heterocycles. The number of anilines is 1. The third-order valence-corrected chi connectivity index (χ3v) is 2.87. The van der Waals surface area contributed by atoms with Crippen LogP contribution in [0.2, 0.25) is 0 Å². The summed E-state index contributed by atoms with van der Waals surface area (Å²) >= 11 is 3.41. The SMILES string of the molecule is O=C1CCc2cc(CBr)ccc2N1. The van der Waals surface area contributed by atoms with Gasteiger partial charge in [0.25, 0.3) is 0 Å². The highest BCUT2D eigenvalue weighted by atomic mass is 79.9. The van der Waals surface area contributed by atoms with Gasteiger partial charge in [0.2, 0.25) is 5.91 Å². The van der Waals surface area contributed by atoms with E-state index in [1.165, 1.54) is 11.1 Å². The number of benzene rings is 1. The number of carbonyl (C=O) groups excluding carboxylic acids is 1. The molecule has 0 aliphatic carbocycles. The summed E-state index contributed by atoms with van der Waals surface area (Å²) in [5, 5.41) is 3.73. The van der Waals surface area contributed by atoms with Crippen molar-refractivity contribution in [2.45, 2.75) is 18.2 Å². The number of hydrogen-bond acceptors (Lipinski definition) is 1. The Kier molecular flexibility index (Phi) is 2.36. The fourth-order valence-corrected chi connectivity index (χ4v) is 1.87. The average molecular weight is 240 g/mol. The van der Waals surface area contributed by atoms with E-state index < -0.39 is 0 Å². The van der Waals surface area contributed by atoms with Gasteiger partial charge in [-0.15, -0.1) is 0 Å². The van der Waals surface area contributed by atoms with E-state index in [0.717, 1.165) is 17.4 Å². The average Bonchev–Trinajstić information content (AvgIpc) is 2.17. The Morgan fingerprint density at radius 2 is 2.23 bits per heavy atom. The van der Waals surface area contributed by atoms with Crippen molar-refractivity contribution < 1.29 is 4.79 Å². The van der Waals surface area contributed by atoms with Gasteiger partial charge in [-0.1, -0.05) is 28.1 Å². The van der Waals surface area contributed by atoms with E-state index in [0.29, 0.717) is 6.42 Å². The van der Waals surface area contributed by atoms with E-state index in [1.807, 2.05) is 12.1 Å². The lowest BCUT2D eigenvalue weighted by atomic mass is 10.0. The predicted octanol–water partition coefficient (Wildman–Crippen LogP) is 2.47. The molecule has 1 amide bonds. The molecule has 1 N–H and O–H groups in total. The van der Waals surface area contributed by atoms with Crippen LogP contribution in [0.25, 0.3) is 0 Å². The molecular formula is C10H10BrNO. The van der Waals surface area contributed by atoms with Crippen LogP contribution in [0.1, 0.15) is 17.5 Å². The molecule has 1 heterocycles. The first-order chi connectivity index (χ1) is 6.29. The van der Waals surface area contributed by atoms with Gasteiger partial charge in [-0.05, 0) is 23.6 Å². The number of fused-ring (bicyclic) bond motifs is 1. The summed E-state index contributed by atoms with van der Waals surface area (Å²) in [6.45, 7) is 0. The third kappa shape index (κ3) is 1.75. The first kappa shape index (κ1) is 8.75. The van der Waals surface area contributed by atoms with E-state index in [1.54, 1.807) is 0 Å². The van der Waals surface area contributed by atoms with E-state index in [4.69, 9.17) is 0 Å². The van der Waals surface area contributed by atoms with Gasteiger partial charge in [0.05, 0.1) is 0 Å². The molecular weight excluding hydrogens is 230 g/mol. The molecule has 0 saturated heterocycles. The van der Waals surface area contributed by atoms with Crippen molar-refractivity contribution in [2.24, 2.45) is 0 Å². The van der Waals surface area contributed by atoms with E-state index >= 15 is 0 Å². The Labute approximate surface area is 85.5 Å². The summed E-state index contributed by atoms with van der Waals surface area (Å²) in [5.74, 6) is 0.124. The molecule has 1 aliphatic heterocycles. The summed E-state index contributed by atoms with van der Waals surface area (Å²) in [5.41, 5.74) is 3.48. The number of alkyl halides is 1. The van der Waals surface area contributed by atoms with Gasteiger partial charge in [0, 0.05) is 17.4 Å². The zero-order valence-corrected chi connectivity index (χ0v) is 8.73. The van der Waals surface area contributed by atoms with Crippen LogP contribution in [-0.2, 0) is 16.5 Å². The Balaban J connectivity index is 2.36. The van der Waals surface area contributed by atoms with E-state index in [9.17, 15) is 4.79 Å². The maximum absolute atomic E-state index is 11.1. The molecule has 0 unspecified atom stereocenters. The number of nitrogens with one attached hydrogen (secondary N) is 1. The van der Waals surface area contributed by atoms with Crippen LogP contribution in [0, 0.1) is 0 Å². The molecule has 2 rings (SSSR count). The fourth-order valence-electron chi connectivity index (χ4n) is 1.52. The minimum Gasteiger partial charge on any atom is -0.326 e. The number of aryl methyl sites for hydroxylation is 1. The number of amides is 1. The van der Waals surface area contributed by atoms with Crippen molar-refractivity contribution in [1.29, 1.82) is 0 Å². The Bertz CT molecular complexity index is 349. The molecule has 68 valence electrons. The van der Waals surface area contributed by atoms with Gasteiger partial charge in [0.15, 0.2) is 0 Å². The standard InChI is InChI=1S/C10H10BrNO/c11-6-7-1-3-9-8(5-7)2-4-10(13)12-9/h1,3,5H,2,4,6H2,(H,12,13). The van der Waals surface area contributed by atoms with Gasteiger partial charge in [-0.3, -0.25) is 4.79 Å². The second kappa shape index (κ2) is 3.50. The van der Waals surface area contributed by atoms with Crippen molar-refractivity contribution in [1.82, 2.24) is 0 Å². The minimum absolute atomic E-state index is 0.124. The minimum atomic E-state index is 0.124. The Hall–Kier alpha value is -0.830. The van der Waals surface area contributed by atoms with Crippen LogP contribution in [0.15, 0.2) is 18.2 Å². The highest BCUT2D eigenvalue weighted by molar-refractivity contribution is 9.08. The lowest BCUT2D eigenvalue weighted by Crippen LogP contribution is -2.18. The van der Waals surface area contributed by atoms with Crippen LogP contribution in [0.3, 0.4) is 0 Å². The second-order valence-corrected chi connectivity index (χ2v) is 3.73. The van der Waals surface area contributed by atoms with Gasteiger partial charge in [0.1, 0.15) is 0 Å². The van der Waals surface area contributed by atoms with Crippen LogP contribution in [-0.4, -0.2) is 5.91 Å². The highest BCUT2D eigenvalue weighted by Gasteiger charge is 2.13. The quantitative estimate of drug-likeness (QED) is 0.750. The second-order valence-electron chi connectivity index (χ2n) is 3.17. The van der Waals surface area contributed by atoms with Crippen LogP contribution in [0.5, 0.6) is 0 Å². The molecule has 0 atom stereocenters. The number of carbonyl (C=O) groups is 1. The van der Waals surface area contributed by atoms with Gasteiger partial charge >= 0.3 is 0 Å². The number of rotatable bonds is 1. The smallest absolute Gasteiger partial charge is 0.224 e. The van der Waals surface area contributed by atoms with Gasteiger partial charge in [-0.2, -0.15) is 0 Å². The van der Waals surface area contributed by atoms with Crippen molar-refractivity contribution in [3.8, 4) is 0 Å². The van der Waals surface area contributed by atoms with Crippen LogP contribution in [0.4, 0.5) is 5.69 Å². The van der Waals surface area contributed by atoms with Crippen LogP contribution >= 0.6 is 15.9 Å². The maximum atomic E-state index is 11.1. The van der Waals surface area contributed by atoms with Crippen molar-refractivity contribution in [3.63, 3.8) is 0 Å². The Morgan fingerprint density at radius 1 is 1.38 bits per heavy atom. The predicted molar refractivity (Wildman–Crippen MR) is 56.0 cm³/mol. The van der Waals surface area contributed by atoms with Crippen molar-refractivity contribution in [3.05, 3.63) is 29.3 Å². The normalized spacial score (nSPS) is 15.0. The third-order valence-electron chi connectivity index (χ3n) is 2.22. The van der Waals surface area contributed by atoms with Gasteiger partial charge < -0.3 is 5.32 Å². The molecule has 3 heteroatoms. The molecule has 0 bridgehead atoms. The lowest BCUT2D eigenvalue weighted by molar-refractivity contribution is -0.116. The molecule has 13 heavy (non-hydrogen) atoms. The fraction of sp³-hybridized carbons (Fsp3) is 0.300. The van der Waals surface area contributed by atoms with Gasteiger partial charge in [-0.25, -0.2) is 0 Å². The van der Waals surface area contributed by atoms with Crippen molar-refractivity contribution in [2.75, 3.05) is 5.32 Å². The molecule has 1 aromatic rings. The van der Waals surface area contributed by atoms with E-state index in [-0.39, 0.29) is 5.91 Å². The number of halogens is 1. The molecule has 0 fully saturated rings.